The molecule has 0 aliphatic carbocycles. The van der Waals surface area contributed by atoms with Crippen LogP contribution in [0.2, 0.25) is 0 Å². The second kappa shape index (κ2) is 10.0. The third-order valence-corrected chi connectivity index (χ3v) is 5.72. The van der Waals surface area contributed by atoms with Crippen molar-refractivity contribution in [2.24, 2.45) is 0 Å². The molecule has 176 valence electrons. The van der Waals surface area contributed by atoms with E-state index in [1.54, 1.807) is 31.2 Å². The summed E-state index contributed by atoms with van der Waals surface area (Å²) in [7, 11) is 0. The monoisotopic (exact) mass is 475 g/mol. The van der Waals surface area contributed by atoms with E-state index < -0.39 is 23.6 Å². The Hall–Kier alpha value is -4.14. The average Bonchev–Trinajstić information content (AvgIpc) is 2.87. The number of nitriles is 1. The number of hydrogen-bond donors (Lipinski definition) is 1. The Labute approximate surface area is 200 Å². The zero-order valence-corrected chi connectivity index (χ0v) is 18.7. The fraction of sp³-hybridized carbons (Fsp3) is 0.222. The predicted octanol–water partition coefficient (Wildman–Crippen LogP) is 4.80. The Balaban J connectivity index is 1.50. The minimum absolute atomic E-state index is 0.0142. The summed E-state index contributed by atoms with van der Waals surface area (Å²) >= 11 is 0. The summed E-state index contributed by atoms with van der Waals surface area (Å²) in [6.45, 7) is 2.17. The van der Waals surface area contributed by atoms with Crippen LogP contribution in [0.1, 0.15) is 57.2 Å². The van der Waals surface area contributed by atoms with Crippen molar-refractivity contribution in [1.29, 1.82) is 5.26 Å². The van der Waals surface area contributed by atoms with Gasteiger partial charge in [-0.15, -0.1) is 0 Å². The molecule has 1 amide bonds. The third-order valence-electron chi connectivity index (χ3n) is 5.72. The quantitative estimate of drug-likeness (QED) is 0.550. The number of amides is 1. The van der Waals surface area contributed by atoms with Crippen LogP contribution in [0, 0.1) is 29.0 Å². The first kappa shape index (κ1) is 24.0. The number of alkyl halides is 2. The van der Waals surface area contributed by atoms with Gasteiger partial charge in [0.15, 0.2) is 5.82 Å². The molecule has 1 N–H and O–H groups in total. The van der Waals surface area contributed by atoms with Crippen molar-refractivity contribution in [1.82, 2.24) is 10.3 Å². The predicted molar refractivity (Wildman–Crippen MR) is 122 cm³/mol. The number of carbonyl (C=O) groups is 1. The first-order chi connectivity index (χ1) is 16.8. The lowest BCUT2D eigenvalue weighted by molar-refractivity contribution is 0.0757. The Bertz CT molecular complexity index is 1390. The minimum Gasteiger partial charge on any atom is -0.375 e. The van der Waals surface area contributed by atoms with Crippen LogP contribution in [0.15, 0.2) is 54.7 Å². The van der Waals surface area contributed by atoms with Crippen LogP contribution in [0.5, 0.6) is 0 Å². The Morgan fingerprint density at radius 2 is 2.06 bits per heavy atom. The fourth-order valence-corrected chi connectivity index (χ4v) is 3.76. The van der Waals surface area contributed by atoms with E-state index in [0.717, 1.165) is 11.1 Å². The normalized spacial score (nSPS) is 16.6. The van der Waals surface area contributed by atoms with Crippen LogP contribution in [-0.2, 0) is 23.3 Å². The van der Waals surface area contributed by atoms with Gasteiger partial charge in [0.1, 0.15) is 5.41 Å². The van der Waals surface area contributed by atoms with Gasteiger partial charge in [-0.05, 0) is 48.4 Å². The highest BCUT2D eigenvalue weighted by atomic mass is 19.3. The molecule has 4 rings (SSSR count). The molecule has 0 saturated carbocycles. The van der Waals surface area contributed by atoms with Crippen LogP contribution in [0.3, 0.4) is 0 Å². The zero-order chi connectivity index (χ0) is 25.0. The second-order valence-corrected chi connectivity index (χ2v) is 8.29. The van der Waals surface area contributed by atoms with Crippen LogP contribution >= 0.6 is 0 Å². The SMILES string of the molecule is C[C@@]1(C#N)COCc2ccc(C(=O)NCc3nccc(C#Cc4cccc(C(F)F)c4)c3F)cc21. The lowest BCUT2D eigenvalue weighted by Gasteiger charge is -2.30. The van der Waals surface area contributed by atoms with Gasteiger partial charge in [-0.25, -0.2) is 13.2 Å². The molecule has 35 heavy (non-hydrogen) atoms. The minimum atomic E-state index is -2.62. The van der Waals surface area contributed by atoms with E-state index >= 15 is 0 Å². The van der Waals surface area contributed by atoms with E-state index in [-0.39, 0.29) is 30.0 Å². The standard InChI is InChI=1S/C27H20F3N3O2/c1-27(15-31)16-35-14-21-8-7-20(12-22(21)27)26(34)33-13-23-24(28)18(9-10-32-23)6-5-17-3-2-4-19(11-17)25(29)30/h2-4,7-12,25H,13-14,16H2,1H3,(H,33,34)/t27-/m1/s1. The molecule has 1 aliphatic rings. The third kappa shape index (κ3) is 5.18. The fourth-order valence-electron chi connectivity index (χ4n) is 3.76. The van der Waals surface area contributed by atoms with Crippen molar-refractivity contribution in [3.63, 3.8) is 0 Å². The zero-order valence-electron chi connectivity index (χ0n) is 18.7. The molecular weight excluding hydrogens is 455 g/mol. The van der Waals surface area contributed by atoms with E-state index in [4.69, 9.17) is 4.74 Å². The van der Waals surface area contributed by atoms with Gasteiger partial charge in [-0.1, -0.05) is 30.0 Å². The van der Waals surface area contributed by atoms with Gasteiger partial charge in [0, 0.05) is 22.9 Å². The molecule has 0 radical (unpaired) electrons. The Kier molecular flexibility index (Phi) is 6.86. The maximum atomic E-state index is 14.9. The lowest BCUT2D eigenvalue weighted by Crippen LogP contribution is -2.33. The van der Waals surface area contributed by atoms with Gasteiger partial charge in [0.2, 0.25) is 0 Å². The van der Waals surface area contributed by atoms with Gasteiger partial charge < -0.3 is 10.1 Å². The number of nitrogens with zero attached hydrogens (tertiary/aromatic N) is 2. The Morgan fingerprint density at radius 1 is 1.23 bits per heavy atom. The molecule has 5 nitrogen and oxygen atoms in total. The molecule has 0 saturated heterocycles. The van der Waals surface area contributed by atoms with Crippen molar-refractivity contribution >= 4 is 5.91 Å². The molecule has 1 atom stereocenters. The van der Waals surface area contributed by atoms with Crippen LogP contribution in [0.4, 0.5) is 13.2 Å². The van der Waals surface area contributed by atoms with Gasteiger partial charge in [0.05, 0.1) is 37.1 Å². The summed E-state index contributed by atoms with van der Waals surface area (Å²) in [6.07, 6.45) is -1.26. The van der Waals surface area contributed by atoms with E-state index in [9.17, 15) is 23.2 Å². The van der Waals surface area contributed by atoms with Gasteiger partial charge in [-0.3, -0.25) is 9.78 Å². The van der Waals surface area contributed by atoms with Gasteiger partial charge in [0.25, 0.3) is 12.3 Å². The summed E-state index contributed by atoms with van der Waals surface area (Å²) < 4.78 is 46.1. The highest BCUT2D eigenvalue weighted by Crippen LogP contribution is 2.32. The second-order valence-electron chi connectivity index (χ2n) is 8.29. The highest BCUT2D eigenvalue weighted by Gasteiger charge is 2.33. The maximum absolute atomic E-state index is 14.9. The molecule has 0 unspecified atom stereocenters. The highest BCUT2D eigenvalue weighted by molar-refractivity contribution is 5.94. The number of ether oxygens (including phenoxy) is 1. The largest absolute Gasteiger partial charge is 0.375 e. The van der Waals surface area contributed by atoms with Crippen molar-refractivity contribution in [3.05, 3.63) is 99.6 Å². The maximum Gasteiger partial charge on any atom is 0.263 e. The number of nitrogens with one attached hydrogen (secondary N) is 1. The van der Waals surface area contributed by atoms with Crippen LogP contribution in [0.25, 0.3) is 0 Å². The summed E-state index contributed by atoms with van der Waals surface area (Å²) in [5.41, 5.74) is 1.23. The Morgan fingerprint density at radius 3 is 2.83 bits per heavy atom. The summed E-state index contributed by atoms with van der Waals surface area (Å²) in [4.78, 5) is 16.7. The first-order valence-corrected chi connectivity index (χ1v) is 10.7. The number of benzene rings is 2. The van der Waals surface area contributed by atoms with Crippen molar-refractivity contribution in [2.45, 2.75) is 31.9 Å². The molecule has 1 aliphatic heterocycles. The first-order valence-electron chi connectivity index (χ1n) is 10.7. The van der Waals surface area contributed by atoms with Crippen LogP contribution in [-0.4, -0.2) is 17.5 Å². The molecule has 0 spiro atoms. The van der Waals surface area contributed by atoms with Crippen molar-refractivity contribution in [3.8, 4) is 17.9 Å². The van der Waals surface area contributed by atoms with E-state index in [0.29, 0.717) is 17.7 Å². The molecular formula is C27H20F3N3O2. The number of hydrogen-bond acceptors (Lipinski definition) is 4. The number of carbonyl (C=O) groups excluding carboxylic acids is 1. The topological polar surface area (TPSA) is 75.0 Å². The number of aromatic nitrogens is 1. The van der Waals surface area contributed by atoms with Crippen molar-refractivity contribution in [2.75, 3.05) is 6.61 Å². The van der Waals surface area contributed by atoms with E-state index in [2.05, 4.69) is 28.2 Å². The number of rotatable bonds is 4. The van der Waals surface area contributed by atoms with Crippen molar-refractivity contribution < 1.29 is 22.7 Å². The molecule has 2 aromatic carbocycles. The lowest BCUT2D eigenvalue weighted by atomic mass is 9.79. The summed E-state index contributed by atoms with van der Waals surface area (Å²) in [5, 5.41) is 12.2. The summed E-state index contributed by atoms with van der Waals surface area (Å²) in [5.74, 6) is 4.17. The van der Waals surface area contributed by atoms with Gasteiger partial charge >= 0.3 is 0 Å². The van der Waals surface area contributed by atoms with Crippen LogP contribution < -0.4 is 5.32 Å². The molecule has 1 aromatic heterocycles. The average molecular weight is 475 g/mol. The number of fused-ring (bicyclic) bond motifs is 1. The molecule has 2 heterocycles. The molecule has 0 fully saturated rings. The molecule has 8 heteroatoms. The van der Waals surface area contributed by atoms with E-state index in [1.807, 2.05) is 0 Å². The smallest absolute Gasteiger partial charge is 0.263 e. The number of halogens is 3. The molecule has 3 aromatic rings. The van der Waals surface area contributed by atoms with E-state index in [1.165, 1.54) is 30.5 Å². The summed E-state index contributed by atoms with van der Waals surface area (Å²) in [6, 6.07) is 14.2. The number of pyridine rings is 1. The van der Waals surface area contributed by atoms with Gasteiger partial charge in [-0.2, -0.15) is 5.26 Å². The molecule has 0 bridgehead atoms.